The van der Waals surface area contributed by atoms with Crippen LogP contribution in [0.3, 0.4) is 0 Å². The van der Waals surface area contributed by atoms with Gasteiger partial charge < -0.3 is 9.84 Å². The van der Waals surface area contributed by atoms with Crippen molar-refractivity contribution in [3.05, 3.63) is 11.3 Å². The number of cyclic esters (lactones) is 1. The van der Waals surface area contributed by atoms with E-state index >= 15 is 0 Å². The van der Waals surface area contributed by atoms with Crippen LogP contribution < -0.4 is 0 Å². The predicted octanol–water partition coefficient (Wildman–Crippen LogP) is 4.23. The second kappa shape index (κ2) is 9.59. The molecular formula is C17H28O4. The largest absolute Gasteiger partial charge is 0.511 e. The molecule has 1 saturated heterocycles. The zero-order valence-corrected chi connectivity index (χ0v) is 13.3. The summed E-state index contributed by atoms with van der Waals surface area (Å²) >= 11 is 0. The Hall–Kier alpha value is -1.32. The molecule has 1 atom stereocenters. The molecule has 1 N–H and O–H groups in total. The van der Waals surface area contributed by atoms with Crippen LogP contribution in [0.1, 0.15) is 78.1 Å². The highest BCUT2D eigenvalue weighted by atomic mass is 16.5. The summed E-state index contributed by atoms with van der Waals surface area (Å²) in [5.74, 6) is -1.09. The molecule has 1 heterocycles. The van der Waals surface area contributed by atoms with Crippen LogP contribution in [0.4, 0.5) is 0 Å². The van der Waals surface area contributed by atoms with Gasteiger partial charge in [-0.3, -0.25) is 4.79 Å². The third kappa shape index (κ3) is 5.90. The minimum absolute atomic E-state index is 0.145. The topological polar surface area (TPSA) is 63.6 Å². The number of allylic oxidation sites excluding steroid dienone is 1. The number of unbranched alkanes of at least 4 members (excludes halogenated alkanes) is 6. The molecule has 120 valence electrons. The first kappa shape index (κ1) is 17.7. The molecule has 1 fully saturated rings. The Morgan fingerprint density at radius 1 is 1.10 bits per heavy atom. The van der Waals surface area contributed by atoms with Gasteiger partial charge in [0.25, 0.3) is 0 Å². The summed E-state index contributed by atoms with van der Waals surface area (Å²) in [6.45, 7) is 3.90. The number of Topliss-reactive ketones (excluding diaryl/α,β-unsaturated/α-hetero) is 1. The van der Waals surface area contributed by atoms with Crippen molar-refractivity contribution in [1.82, 2.24) is 0 Å². The van der Waals surface area contributed by atoms with Gasteiger partial charge in [0.2, 0.25) is 0 Å². The third-order valence-corrected chi connectivity index (χ3v) is 3.92. The van der Waals surface area contributed by atoms with Crippen LogP contribution in [0.2, 0.25) is 0 Å². The monoisotopic (exact) mass is 296 g/mol. The second-order valence-electron chi connectivity index (χ2n) is 5.74. The van der Waals surface area contributed by atoms with E-state index in [4.69, 9.17) is 4.74 Å². The summed E-state index contributed by atoms with van der Waals surface area (Å²) < 4.78 is 5.26. The number of ether oxygens (including phenoxy) is 1. The van der Waals surface area contributed by atoms with Crippen molar-refractivity contribution in [2.24, 2.45) is 0 Å². The van der Waals surface area contributed by atoms with E-state index in [2.05, 4.69) is 6.92 Å². The van der Waals surface area contributed by atoms with E-state index in [1.807, 2.05) is 0 Å². The standard InChI is InChI=1S/C17H28O4/c1-3-5-6-7-8-9-10-11-13-12-15(19)16(14(18)4-2)17(20)21-13/h13,18H,3-12H2,1-2H3/t13-/m1/s1. The molecule has 0 unspecified atom stereocenters. The van der Waals surface area contributed by atoms with Crippen LogP contribution in [-0.4, -0.2) is 23.0 Å². The van der Waals surface area contributed by atoms with Crippen LogP contribution >= 0.6 is 0 Å². The highest BCUT2D eigenvalue weighted by molar-refractivity contribution is 6.19. The van der Waals surface area contributed by atoms with Crippen LogP contribution in [0.15, 0.2) is 11.3 Å². The Morgan fingerprint density at radius 3 is 2.29 bits per heavy atom. The molecule has 21 heavy (non-hydrogen) atoms. The van der Waals surface area contributed by atoms with Crippen molar-refractivity contribution in [1.29, 1.82) is 0 Å². The molecule has 1 aliphatic heterocycles. The van der Waals surface area contributed by atoms with Crippen molar-refractivity contribution >= 4 is 11.8 Å². The van der Waals surface area contributed by atoms with Crippen LogP contribution in [0.25, 0.3) is 0 Å². The number of ketones is 1. The molecular weight excluding hydrogens is 268 g/mol. The second-order valence-corrected chi connectivity index (χ2v) is 5.74. The maximum atomic E-state index is 11.9. The summed E-state index contributed by atoms with van der Waals surface area (Å²) in [6.07, 6.45) is 9.32. The Balaban J connectivity index is 2.28. The number of hydrogen-bond donors (Lipinski definition) is 1. The molecule has 0 aromatic rings. The zero-order chi connectivity index (χ0) is 15.7. The summed E-state index contributed by atoms with van der Waals surface area (Å²) in [5.41, 5.74) is -0.145. The molecule has 1 aliphatic rings. The fourth-order valence-electron chi connectivity index (χ4n) is 2.62. The van der Waals surface area contributed by atoms with E-state index in [1.165, 1.54) is 32.1 Å². The SMILES string of the molecule is CCCCCCCCC[C@@H]1CC(=O)C(=C(O)CC)C(=O)O1. The molecule has 0 aromatic heterocycles. The van der Waals surface area contributed by atoms with Crippen molar-refractivity contribution in [3.8, 4) is 0 Å². The quantitative estimate of drug-likeness (QED) is 0.227. The lowest BCUT2D eigenvalue weighted by molar-refractivity contribution is -0.151. The molecule has 0 saturated carbocycles. The van der Waals surface area contributed by atoms with Gasteiger partial charge in [-0.2, -0.15) is 0 Å². The number of esters is 1. The Bertz CT molecular complexity index is 364. The number of carbonyl (C=O) groups excluding carboxylic acids is 2. The molecule has 0 spiro atoms. The smallest absolute Gasteiger partial charge is 0.345 e. The van der Waals surface area contributed by atoms with Gasteiger partial charge in [-0.15, -0.1) is 0 Å². The zero-order valence-electron chi connectivity index (χ0n) is 13.3. The average Bonchev–Trinajstić information content (AvgIpc) is 2.45. The minimum Gasteiger partial charge on any atom is -0.511 e. The lowest BCUT2D eigenvalue weighted by Gasteiger charge is -2.23. The fraction of sp³-hybridized carbons (Fsp3) is 0.765. The fourth-order valence-corrected chi connectivity index (χ4v) is 2.62. The molecule has 0 aromatic carbocycles. The maximum absolute atomic E-state index is 11.9. The Labute approximate surface area is 127 Å². The molecule has 0 radical (unpaired) electrons. The van der Waals surface area contributed by atoms with E-state index in [9.17, 15) is 14.7 Å². The number of rotatable bonds is 9. The van der Waals surface area contributed by atoms with Gasteiger partial charge in [0.15, 0.2) is 5.78 Å². The highest BCUT2D eigenvalue weighted by Crippen LogP contribution is 2.23. The number of aliphatic hydroxyl groups is 1. The van der Waals surface area contributed by atoms with Crippen LogP contribution in [0, 0.1) is 0 Å². The minimum atomic E-state index is -0.654. The summed E-state index contributed by atoms with van der Waals surface area (Å²) in [7, 11) is 0. The van der Waals surface area contributed by atoms with Gasteiger partial charge in [-0.05, 0) is 12.8 Å². The van der Waals surface area contributed by atoms with E-state index < -0.39 is 5.97 Å². The molecule has 0 bridgehead atoms. The third-order valence-electron chi connectivity index (χ3n) is 3.92. The van der Waals surface area contributed by atoms with Crippen molar-refractivity contribution in [2.45, 2.75) is 84.2 Å². The van der Waals surface area contributed by atoms with Crippen LogP contribution in [-0.2, 0) is 14.3 Å². The molecule has 4 heteroatoms. The first-order chi connectivity index (χ1) is 10.1. The number of aliphatic hydroxyl groups excluding tert-OH is 1. The van der Waals surface area contributed by atoms with Crippen molar-refractivity contribution < 1.29 is 19.4 Å². The van der Waals surface area contributed by atoms with Gasteiger partial charge in [0.1, 0.15) is 17.4 Å². The molecule has 0 amide bonds. The van der Waals surface area contributed by atoms with E-state index in [1.54, 1.807) is 6.92 Å². The van der Waals surface area contributed by atoms with Crippen LogP contribution in [0.5, 0.6) is 0 Å². The lowest BCUT2D eigenvalue weighted by atomic mass is 9.96. The summed E-state index contributed by atoms with van der Waals surface area (Å²) in [6, 6.07) is 0. The van der Waals surface area contributed by atoms with Gasteiger partial charge in [-0.25, -0.2) is 4.79 Å². The summed E-state index contributed by atoms with van der Waals surface area (Å²) in [5, 5.41) is 9.58. The van der Waals surface area contributed by atoms with E-state index in [0.29, 0.717) is 0 Å². The molecule has 0 aliphatic carbocycles. The maximum Gasteiger partial charge on any atom is 0.345 e. The first-order valence-corrected chi connectivity index (χ1v) is 8.26. The lowest BCUT2D eigenvalue weighted by Crippen LogP contribution is -2.33. The Kier molecular flexibility index (Phi) is 8.09. The predicted molar refractivity (Wildman–Crippen MR) is 82.1 cm³/mol. The van der Waals surface area contributed by atoms with Gasteiger partial charge in [0.05, 0.1) is 0 Å². The Morgan fingerprint density at radius 2 is 1.71 bits per heavy atom. The highest BCUT2D eigenvalue weighted by Gasteiger charge is 2.33. The normalized spacial score (nSPS) is 21.3. The van der Waals surface area contributed by atoms with E-state index in [-0.39, 0.29) is 36.1 Å². The number of hydrogen-bond acceptors (Lipinski definition) is 4. The van der Waals surface area contributed by atoms with Crippen molar-refractivity contribution in [2.75, 3.05) is 0 Å². The first-order valence-electron chi connectivity index (χ1n) is 8.26. The number of carbonyl (C=O) groups is 2. The average molecular weight is 296 g/mol. The van der Waals surface area contributed by atoms with Gasteiger partial charge in [0, 0.05) is 12.8 Å². The van der Waals surface area contributed by atoms with Gasteiger partial charge in [-0.1, -0.05) is 52.4 Å². The van der Waals surface area contributed by atoms with Crippen molar-refractivity contribution in [3.63, 3.8) is 0 Å². The van der Waals surface area contributed by atoms with Gasteiger partial charge >= 0.3 is 5.97 Å². The molecule has 4 nitrogen and oxygen atoms in total. The molecule has 1 rings (SSSR count). The summed E-state index contributed by atoms with van der Waals surface area (Å²) in [4.78, 5) is 23.7. The van der Waals surface area contributed by atoms with E-state index in [0.717, 1.165) is 19.3 Å².